The van der Waals surface area contributed by atoms with Crippen LogP contribution in [0.2, 0.25) is 0 Å². The van der Waals surface area contributed by atoms with Crippen molar-refractivity contribution in [3.05, 3.63) is 71.3 Å². The standard InChI is InChI=1S/C28H34FN5O5/c29-24(31)17-32-15-7-6-14-23(34-26(36)20-11-4-5-12-21(20)27(34)37)25(35)33-16-8-13-22(30)28(38)39-18-19-9-2-1-3-10-19/h1-5,9-12,22-23,31-32H,6-8,13-18,30H2,(H,33,35). The highest BCUT2D eigenvalue weighted by Crippen LogP contribution is 2.26. The molecule has 0 aromatic heterocycles. The topological polar surface area (TPSA) is 155 Å². The Kier molecular flexibility index (Phi) is 11.3. The van der Waals surface area contributed by atoms with E-state index in [1.54, 1.807) is 24.3 Å². The molecule has 3 amide bonds. The predicted octanol–water partition coefficient (Wildman–Crippen LogP) is 2.32. The van der Waals surface area contributed by atoms with E-state index in [1.807, 2.05) is 30.3 Å². The first-order valence-electron chi connectivity index (χ1n) is 12.9. The van der Waals surface area contributed by atoms with E-state index in [9.17, 15) is 23.6 Å². The number of imide groups is 1. The van der Waals surface area contributed by atoms with Gasteiger partial charge in [-0.05, 0) is 56.3 Å². The summed E-state index contributed by atoms with van der Waals surface area (Å²) in [4.78, 5) is 52.3. The Hall–Kier alpha value is -3.96. The SMILES string of the molecule is N=C(F)CNCCCCC(C(=O)NCCCC(N)C(=O)OCc1ccccc1)N1C(=O)c2ccccc2C1=O. The summed E-state index contributed by atoms with van der Waals surface area (Å²) in [5, 5.41) is 12.3. The molecule has 0 bridgehead atoms. The lowest BCUT2D eigenvalue weighted by atomic mass is 10.1. The van der Waals surface area contributed by atoms with Gasteiger partial charge in [-0.3, -0.25) is 29.5 Å². The summed E-state index contributed by atoms with van der Waals surface area (Å²) in [6.45, 7) is 0.557. The van der Waals surface area contributed by atoms with Crippen molar-refractivity contribution in [1.29, 1.82) is 5.41 Å². The molecule has 11 heteroatoms. The average Bonchev–Trinajstić information content (AvgIpc) is 3.19. The fraction of sp³-hybridized carbons (Fsp3) is 0.393. The number of nitrogens with two attached hydrogens (primary N) is 1. The van der Waals surface area contributed by atoms with Gasteiger partial charge in [0.2, 0.25) is 5.91 Å². The highest BCUT2D eigenvalue weighted by molar-refractivity contribution is 6.22. The fourth-order valence-electron chi connectivity index (χ4n) is 4.26. The Morgan fingerprint density at radius 1 is 0.923 bits per heavy atom. The van der Waals surface area contributed by atoms with E-state index in [0.717, 1.165) is 10.5 Å². The van der Waals surface area contributed by atoms with Gasteiger partial charge in [0.25, 0.3) is 11.8 Å². The molecule has 3 rings (SSSR count). The third-order valence-electron chi connectivity index (χ3n) is 6.32. The van der Waals surface area contributed by atoms with Crippen LogP contribution in [0.5, 0.6) is 0 Å². The summed E-state index contributed by atoms with van der Waals surface area (Å²) in [6, 6.07) is 13.8. The summed E-state index contributed by atoms with van der Waals surface area (Å²) in [7, 11) is 0. The van der Waals surface area contributed by atoms with E-state index < -0.39 is 41.7 Å². The minimum atomic E-state index is -1.03. The Morgan fingerprint density at radius 2 is 1.56 bits per heavy atom. The molecule has 2 unspecified atom stereocenters. The van der Waals surface area contributed by atoms with Gasteiger partial charge < -0.3 is 21.1 Å². The molecule has 2 atom stereocenters. The number of hydrogen-bond donors (Lipinski definition) is 4. The molecule has 10 nitrogen and oxygen atoms in total. The van der Waals surface area contributed by atoms with Crippen LogP contribution in [0, 0.1) is 5.41 Å². The van der Waals surface area contributed by atoms with Gasteiger partial charge in [0.15, 0.2) is 5.97 Å². The first-order chi connectivity index (χ1) is 18.8. The minimum Gasteiger partial charge on any atom is -0.460 e. The van der Waals surface area contributed by atoms with Gasteiger partial charge >= 0.3 is 5.97 Å². The molecule has 0 fully saturated rings. The van der Waals surface area contributed by atoms with Gasteiger partial charge in [0, 0.05) is 6.54 Å². The Bertz CT molecular complexity index is 1140. The van der Waals surface area contributed by atoms with E-state index in [4.69, 9.17) is 15.9 Å². The predicted molar refractivity (Wildman–Crippen MR) is 143 cm³/mol. The number of carbonyl (C=O) groups is 4. The molecule has 0 saturated heterocycles. The highest BCUT2D eigenvalue weighted by Gasteiger charge is 2.42. The summed E-state index contributed by atoms with van der Waals surface area (Å²) < 4.78 is 17.8. The van der Waals surface area contributed by atoms with E-state index >= 15 is 0 Å². The normalized spacial score (nSPS) is 14.1. The van der Waals surface area contributed by atoms with Gasteiger partial charge in [-0.2, -0.15) is 4.39 Å². The van der Waals surface area contributed by atoms with Gasteiger partial charge in [0.1, 0.15) is 18.7 Å². The summed E-state index contributed by atoms with van der Waals surface area (Å²) in [5.74, 6) is -3.04. The number of fused-ring (bicyclic) bond motifs is 1. The molecular weight excluding hydrogens is 505 g/mol. The van der Waals surface area contributed by atoms with Crippen LogP contribution in [0.4, 0.5) is 4.39 Å². The fourth-order valence-corrected chi connectivity index (χ4v) is 4.26. The lowest BCUT2D eigenvalue weighted by molar-refractivity contribution is -0.146. The molecule has 1 heterocycles. The number of hydrogen-bond acceptors (Lipinski definition) is 8. The molecule has 0 saturated carbocycles. The molecule has 2 aromatic carbocycles. The van der Waals surface area contributed by atoms with Crippen molar-refractivity contribution >= 4 is 29.7 Å². The second kappa shape index (κ2) is 14.8. The Labute approximate surface area is 226 Å². The largest absolute Gasteiger partial charge is 0.460 e. The number of benzene rings is 2. The van der Waals surface area contributed by atoms with Crippen molar-refractivity contribution < 1.29 is 28.3 Å². The van der Waals surface area contributed by atoms with Crippen LogP contribution in [0.1, 0.15) is 58.4 Å². The first kappa shape index (κ1) is 29.6. The number of esters is 1. The third kappa shape index (κ3) is 8.52. The molecule has 1 aliphatic heterocycles. The van der Waals surface area contributed by atoms with Crippen molar-refractivity contribution in [3.63, 3.8) is 0 Å². The zero-order chi connectivity index (χ0) is 28.2. The summed E-state index contributed by atoms with van der Waals surface area (Å²) in [5.41, 5.74) is 7.30. The van der Waals surface area contributed by atoms with Crippen molar-refractivity contribution in [2.45, 2.75) is 50.8 Å². The van der Waals surface area contributed by atoms with Gasteiger partial charge in [0.05, 0.1) is 17.7 Å². The minimum absolute atomic E-state index is 0.123. The molecule has 0 spiro atoms. The maximum absolute atomic E-state index is 13.1. The lowest BCUT2D eigenvalue weighted by Crippen LogP contribution is -2.49. The number of ether oxygens (including phenoxy) is 1. The highest BCUT2D eigenvalue weighted by atomic mass is 19.1. The second-order valence-corrected chi connectivity index (χ2v) is 9.25. The number of carbonyl (C=O) groups excluding carboxylic acids is 4. The average molecular weight is 540 g/mol. The van der Waals surface area contributed by atoms with Crippen LogP contribution in [0.25, 0.3) is 0 Å². The van der Waals surface area contributed by atoms with Gasteiger partial charge in [-0.1, -0.05) is 42.5 Å². The molecule has 39 heavy (non-hydrogen) atoms. The van der Waals surface area contributed by atoms with Crippen molar-refractivity contribution in [1.82, 2.24) is 15.5 Å². The molecule has 0 radical (unpaired) electrons. The number of nitrogens with one attached hydrogen (secondary N) is 3. The van der Waals surface area contributed by atoms with E-state index in [1.165, 1.54) is 0 Å². The van der Waals surface area contributed by atoms with Crippen LogP contribution >= 0.6 is 0 Å². The molecule has 208 valence electrons. The number of amides is 3. The number of halogens is 1. The smallest absolute Gasteiger partial charge is 0.323 e. The van der Waals surface area contributed by atoms with E-state index in [-0.39, 0.29) is 43.7 Å². The lowest BCUT2D eigenvalue weighted by Gasteiger charge is -2.25. The van der Waals surface area contributed by atoms with E-state index in [0.29, 0.717) is 25.8 Å². The summed E-state index contributed by atoms with van der Waals surface area (Å²) in [6.07, 6.45) is 1.93. The number of unbranched alkanes of at least 4 members (excludes halogenated alkanes) is 1. The monoisotopic (exact) mass is 539 g/mol. The summed E-state index contributed by atoms with van der Waals surface area (Å²) >= 11 is 0. The maximum Gasteiger partial charge on any atom is 0.323 e. The quantitative estimate of drug-likeness (QED) is 0.110. The van der Waals surface area contributed by atoms with Crippen LogP contribution in [-0.4, -0.2) is 66.3 Å². The van der Waals surface area contributed by atoms with Crippen molar-refractivity contribution in [3.8, 4) is 0 Å². The van der Waals surface area contributed by atoms with E-state index in [2.05, 4.69) is 10.6 Å². The molecule has 0 aliphatic carbocycles. The molecular formula is C28H34FN5O5. The number of rotatable bonds is 16. The first-order valence-corrected chi connectivity index (χ1v) is 12.9. The Balaban J connectivity index is 1.51. The molecule has 1 aliphatic rings. The third-order valence-corrected chi connectivity index (χ3v) is 6.32. The van der Waals surface area contributed by atoms with Crippen LogP contribution in [0.15, 0.2) is 54.6 Å². The second-order valence-electron chi connectivity index (χ2n) is 9.25. The van der Waals surface area contributed by atoms with Gasteiger partial charge in [-0.25, -0.2) is 0 Å². The van der Waals surface area contributed by atoms with Crippen LogP contribution < -0.4 is 16.4 Å². The van der Waals surface area contributed by atoms with Crippen LogP contribution in [-0.2, 0) is 20.9 Å². The number of nitrogens with zero attached hydrogens (tertiary/aromatic N) is 1. The Morgan fingerprint density at radius 3 is 2.21 bits per heavy atom. The van der Waals surface area contributed by atoms with Gasteiger partial charge in [-0.15, -0.1) is 0 Å². The zero-order valence-electron chi connectivity index (χ0n) is 21.7. The molecule has 5 N–H and O–H groups in total. The maximum atomic E-state index is 13.1. The molecule has 2 aromatic rings. The van der Waals surface area contributed by atoms with Crippen LogP contribution in [0.3, 0.4) is 0 Å². The van der Waals surface area contributed by atoms with Crippen molar-refractivity contribution in [2.24, 2.45) is 5.73 Å². The van der Waals surface area contributed by atoms with Crippen molar-refractivity contribution in [2.75, 3.05) is 19.6 Å². The zero-order valence-corrected chi connectivity index (χ0v) is 21.7.